The lowest BCUT2D eigenvalue weighted by molar-refractivity contribution is 0.587. The van der Waals surface area contributed by atoms with Crippen molar-refractivity contribution in [2.75, 3.05) is 0 Å². The molecule has 272 valence electrons. The lowest BCUT2D eigenvalue weighted by Gasteiger charge is -2.26. The fourth-order valence-corrected chi connectivity index (χ4v) is 9.05. The van der Waals surface area contributed by atoms with Gasteiger partial charge in [-0.1, -0.05) is 205 Å². The van der Waals surface area contributed by atoms with E-state index in [9.17, 15) is 0 Å². The Kier molecular flexibility index (Phi) is 12.3. The summed E-state index contributed by atoms with van der Waals surface area (Å²) in [5, 5.41) is 2.77. The Hall–Kier alpha value is -4.42. The van der Waals surface area contributed by atoms with E-state index < -0.39 is 0 Å². The minimum absolute atomic E-state index is 1.13. The van der Waals surface area contributed by atoms with E-state index in [4.69, 9.17) is 0 Å². The van der Waals surface area contributed by atoms with Gasteiger partial charge in [-0.25, -0.2) is 0 Å². The van der Waals surface area contributed by atoms with Gasteiger partial charge in [0.15, 0.2) is 0 Å². The Labute approximate surface area is 320 Å². The quantitative estimate of drug-likeness (QED) is 0.0784. The highest BCUT2D eigenvalue weighted by Gasteiger charge is 2.32. The van der Waals surface area contributed by atoms with Crippen molar-refractivity contribution in [2.24, 2.45) is 0 Å². The van der Waals surface area contributed by atoms with Gasteiger partial charge in [-0.2, -0.15) is 0 Å². The van der Waals surface area contributed by atoms with Gasteiger partial charge in [-0.05, 0) is 117 Å². The molecule has 1 aliphatic rings. The number of fused-ring (bicyclic) bond motifs is 3. The summed E-state index contributed by atoms with van der Waals surface area (Å²) >= 11 is 0. The van der Waals surface area contributed by atoms with Crippen LogP contribution in [0.25, 0.3) is 66.4 Å². The lowest BCUT2D eigenvalue weighted by atomic mass is 9.77. The van der Waals surface area contributed by atoms with Crippen molar-refractivity contribution in [3.63, 3.8) is 0 Å². The third-order valence-electron chi connectivity index (χ3n) is 11.8. The average Bonchev–Trinajstić information content (AvgIpc) is 3.51. The Morgan fingerprint density at radius 1 is 0.358 bits per heavy atom. The van der Waals surface area contributed by atoms with Gasteiger partial charge < -0.3 is 0 Å². The van der Waals surface area contributed by atoms with E-state index in [-0.39, 0.29) is 0 Å². The van der Waals surface area contributed by atoms with Crippen LogP contribution in [-0.2, 0) is 12.8 Å². The van der Waals surface area contributed by atoms with Crippen LogP contribution >= 0.6 is 0 Å². The number of unbranched alkanes of at least 4 members (excludes halogenated alkanes) is 11. The maximum atomic E-state index is 2.43. The largest absolute Gasteiger partial charge is 0.0654 e. The molecule has 0 atom stereocenters. The highest BCUT2D eigenvalue weighted by Crippen LogP contribution is 2.57. The fourth-order valence-electron chi connectivity index (χ4n) is 9.05. The zero-order chi connectivity index (χ0) is 36.6. The van der Waals surface area contributed by atoms with Gasteiger partial charge in [0.05, 0.1) is 0 Å². The third kappa shape index (κ3) is 8.08. The first-order chi connectivity index (χ1) is 26.1. The Morgan fingerprint density at radius 3 is 1.32 bits per heavy atom. The summed E-state index contributed by atoms with van der Waals surface area (Å²) < 4.78 is 0. The van der Waals surface area contributed by atoms with Crippen LogP contribution in [0.1, 0.15) is 120 Å². The molecule has 0 heteroatoms. The molecule has 0 heterocycles. The predicted octanol–water partition coefficient (Wildman–Crippen LogP) is 16.3. The van der Waals surface area contributed by atoms with Crippen molar-refractivity contribution in [1.29, 1.82) is 0 Å². The Balaban J connectivity index is 1.44. The number of rotatable bonds is 18. The first-order valence-electron chi connectivity index (χ1n) is 21.1. The van der Waals surface area contributed by atoms with Crippen molar-refractivity contribution in [3.05, 3.63) is 131 Å². The van der Waals surface area contributed by atoms with Gasteiger partial charge in [0, 0.05) is 0 Å². The Morgan fingerprint density at radius 2 is 0.811 bits per heavy atom. The van der Waals surface area contributed by atoms with Gasteiger partial charge in [0.1, 0.15) is 0 Å². The smallest absolute Gasteiger partial charge is 0.00109 e. The Bertz CT molecular complexity index is 2120. The summed E-state index contributed by atoms with van der Waals surface area (Å²) in [6.45, 7) is 9.05. The van der Waals surface area contributed by atoms with E-state index >= 15 is 0 Å². The molecule has 0 nitrogen and oxygen atoms in total. The maximum absolute atomic E-state index is 2.43. The summed E-state index contributed by atoms with van der Waals surface area (Å²) in [7, 11) is 0. The molecule has 0 N–H and O–H groups in total. The topological polar surface area (TPSA) is 0 Å². The summed E-state index contributed by atoms with van der Waals surface area (Å²) in [4.78, 5) is 0. The lowest BCUT2D eigenvalue weighted by Crippen LogP contribution is -2.06. The van der Waals surface area contributed by atoms with Gasteiger partial charge in [-0.3, -0.25) is 0 Å². The van der Waals surface area contributed by atoms with Crippen molar-refractivity contribution >= 4 is 10.8 Å². The second kappa shape index (κ2) is 17.6. The molecular weight excluding hydrogens is 637 g/mol. The summed E-state index contributed by atoms with van der Waals surface area (Å²) in [5.41, 5.74) is 19.9. The summed E-state index contributed by atoms with van der Waals surface area (Å²) in [6.07, 6.45) is 19.4. The van der Waals surface area contributed by atoms with Crippen molar-refractivity contribution in [3.8, 4) is 55.6 Å². The van der Waals surface area contributed by atoms with E-state index in [1.54, 1.807) is 11.1 Å². The van der Waals surface area contributed by atoms with E-state index in [1.165, 1.54) is 161 Å². The molecule has 0 spiro atoms. The minimum atomic E-state index is 1.13. The third-order valence-corrected chi connectivity index (χ3v) is 11.8. The van der Waals surface area contributed by atoms with Gasteiger partial charge in [-0.15, -0.1) is 0 Å². The van der Waals surface area contributed by atoms with Crippen LogP contribution in [0, 0.1) is 13.8 Å². The average molecular weight is 697 g/mol. The monoisotopic (exact) mass is 696 g/mol. The van der Waals surface area contributed by atoms with E-state index in [0.29, 0.717) is 0 Å². The van der Waals surface area contributed by atoms with Crippen molar-refractivity contribution in [1.82, 2.24) is 0 Å². The van der Waals surface area contributed by atoms with Gasteiger partial charge in [0.25, 0.3) is 0 Å². The molecule has 0 saturated carbocycles. The second-order valence-corrected chi connectivity index (χ2v) is 15.9. The van der Waals surface area contributed by atoms with Crippen LogP contribution in [0.15, 0.2) is 109 Å². The normalized spacial score (nSPS) is 11.8. The first kappa shape index (κ1) is 36.9. The zero-order valence-electron chi connectivity index (χ0n) is 33.0. The van der Waals surface area contributed by atoms with E-state index in [2.05, 4.69) is 137 Å². The molecule has 0 radical (unpaired) electrons. The van der Waals surface area contributed by atoms with Crippen LogP contribution < -0.4 is 0 Å². The first-order valence-corrected chi connectivity index (χ1v) is 21.1. The molecule has 0 aliphatic heterocycles. The fraction of sp³-hybridized carbons (Fsp3) is 0.358. The van der Waals surface area contributed by atoms with Gasteiger partial charge >= 0.3 is 0 Å². The molecule has 0 bridgehead atoms. The van der Waals surface area contributed by atoms with Crippen LogP contribution in [0.2, 0.25) is 0 Å². The molecule has 0 saturated heterocycles. The van der Waals surface area contributed by atoms with E-state index in [1.807, 2.05) is 0 Å². The second-order valence-electron chi connectivity index (χ2n) is 15.9. The van der Waals surface area contributed by atoms with E-state index in [0.717, 1.165) is 12.8 Å². The molecule has 0 unspecified atom stereocenters. The highest BCUT2D eigenvalue weighted by molar-refractivity contribution is 6.22. The molecule has 0 amide bonds. The molecular formula is C53H60. The number of hydrogen-bond donors (Lipinski definition) is 0. The molecule has 0 aromatic heterocycles. The SMILES string of the molecule is CCCCCCCCCc1c(CCCCCCCC)c(-c2ccc(-c3cccc(C)c3)cc2)c2c(c1-c1ccc(C)cc1)-c1cccc3cccc-2c13. The van der Waals surface area contributed by atoms with Crippen LogP contribution in [0.4, 0.5) is 0 Å². The van der Waals surface area contributed by atoms with Crippen LogP contribution in [-0.4, -0.2) is 0 Å². The summed E-state index contributed by atoms with van der Waals surface area (Å²) in [5.74, 6) is 0. The molecule has 6 aromatic carbocycles. The molecule has 6 aromatic rings. The zero-order valence-corrected chi connectivity index (χ0v) is 33.0. The standard InChI is InChI=1S/C53H60/c1-5-7-9-11-13-15-17-26-45-46(25-16-14-12-10-8-6-2)51(43-35-33-40(34-36-43)44-24-18-21-39(4)37-44)53-48-28-20-23-41-22-19-27-47(49(41)48)52(53)50(45)42-31-29-38(3)30-32-42/h18-24,27-37H,5-17,25-26H2,1-4H3. The van der Waals surface area contributed by atoms with Crippen molar-refractivity contribution < 1.29 is 0 Å². The van der Waals surface area contributed by atoms with Crippen molar-refractivity contribution in [2.45, 2.75) is 124 Å². The minimum Gasteiger partial charge on any atom is -0.0654 e. The van der Waals surface area contributed by atoms with Crippen LogP contribution in [0.5, 0.6) is 0 Å². The van der Waals surface area contributed by atoms with Crippen LogP contribution in [0.3, 0.4) is 0 Å². The maximum Gasteiger partial charge on any atom is -0.00109 e. The number of benzene rings is 6. The molecule has 7 rings (SSSR count). The molecule has 53 heavy (non-hydrogen) atoms. The number of aryl methyl sites for hydroxylation is 2. The molecule has 0 fully saturated rings. The summed E-state index contributed by atoms with van der Waals surface area (Å²) in [6, 6.07) is 42.0. The highest BCUT2D eigenvalue weighted by atomic mass is 14.3. The predicted molar refractivity (Wildman–Crippen MR) is 233 cm³/mol. The molecule has 1 aliphatic carbocycles. The number of hydrogen-bond acceptors (Lipinski definition) is 0. The van der Waals surface area contributed by atoms with Gasteiger partial charge in [0.2, 0.25) is 0 Å².